The first-order valence-corrected chi connectivity index (χ1v) is 3.20. The maximum Gasteiger partial charge on any atom is 0.174 e. The molecule has 0 saturated heterocycles. The van der Waals surface area contributed by atoms with Crippen molar-refractivity contribution in [1.29, 1.82) is 0 Å². The van der Waals surface area contributed by atoms with E-state index in [2.05, 4.69) is 6.58 Å². The van der Waals surface area contributed by atoms with Crippen molar-refractivity contribution in [1.82, 2.24) is 0 Å². The third-order valence-corrected chi connectivity index (χ3v) is 1.43. The van der Waals surface area contributed by atoms with E-state index in [-0.39, 0.29) is 6.42 Å². The highest BCUT2D eigenvalue weighted by Gasteiger charge is 2.31. The summed E-state index contributed by atoms with van der Waals surface area (Å²) in [5.74, 6) is 1.92. The van der Waals surface area contributed by atoms with Crippen molar-refractivity contribution in [2.75, 3.05) is 6.61 Å². The fraction of sp³-hybridized carbons (Fsp3) is 0.500. The van der Waals surface area contributed by atoms with E-state index in [4.69, 9.17) is 16.6 Å². The lowest BCUT2D eigenvalue weighted by atomic mass is 9.96. The summed E-state index contributed by atoms with van der Waals surface area (Å²) >= 11 is 0. The van der Waals surface area contributed by atoms with Gasteiger partial charge in [-0.3, -0.25) is 0 Å². The van der Waals surface area contributed by atoms with Crippen LogP contribution in [0.15, 0.2) is 12.7 Å². The predicted octanol–water partition coefficient (Wildman–Crippen LogP) is -0.720. The number of hydrogen-bond acceptors (Lipinski definition) is 3. The van der Waals surface area contributed by atoms with Gasteiger partial charge in [0, 0.05) is 0 Å². The molecule has 3 heteroatoms. The molecule has 0 aromatic rings. The van der Waals surface area contributed by atoms with Crippen molar-refractivity contribution in [2.45, 2.75) is 18.1 Å². The Morgan fingerprint density at radius 1 is 1.73 bits per heavy atom. The molecule has 0 aliphatic carbocycles. The quantitative estimate of drug-likeness (QED) is 0.372. The van der Waals surface area contributed by atoms with E-state index < -0.39 is 18.3 Å². The van der Waals surface area contributed by atoms with Gasteiger partial charge in [-0.1, -0.05) is 12.0 Å². The van der Waals surface area contributed by atoms with Crippen LogP contribution in [0.1, 0.15) is 6.42 Å². The topological polar surface area (TPSA) is 60.7 Å². The first-order chi connectivity index (χ1) is 5.10. The molecule has 3 N–H and O–H groups in total. The molecule has 62 valence electrons. The van der Waals surface area contributed by atoms with Crippen LogP contribution in [0.4, 0.5) is 0 Å². The summed E-state index contributed by atoms with van der Waals surface area (Å²) in [7, 11) is 0. The molecule has 0 fully saturated rings. The van der Waals surface area contributed by atoms with Crippen molar-refractivity contribution in [2.24, 2.45) is 0 Å². The van der Waals surface area contributed by atoms with Crippen LogP contribution in [0, 0.1) is 12.3 Å². The van der Waals surface area contributed by atoms with Gasteiger partial charge in [-0.2, -0.15) is 0 Å². The molecule has 2 atom stereocenters. The van der Waals surface area contributed by atoms with Gasteiger partial charge in [0.05, 0.1) is 12.7 Å². The third kappa shape index (κ3) is 2.35. The standard InChI is InChI=1S/C8H12O3/c1-3-5-7(10)8(11,4-2)6-9/h2-3,7,9-11H,1,5-6H2/t7-,8+/m0/s1. The Morgan fingerprint density at radius 3 is 2.55 bits per heavy atom. The summed E-state index contributed by atoms with van der Waals surface area (Å²) in [4.78, 5) is 0. The van der Waals surface area contributed by atoms with Crippen LogP contribution >= 0.6 is 0 Å². The molecule has 0 rings (SSSR count). The Labute approximate surface area is 66.0 Å². The molecular formula is C8H12O3. The third-order valence-electron chi connectivity index (χ3n) is 1.43. The second-order valence-corrected chi connectivity index (χ2v) is 2.27. The zero-order valence-corrected chi connectivity index (χ0v) is 6.20. The Bertz CT molecular complexity index is 171. The summed E-state index contributed by atoms with van der Waals surface area (Å²) < 4.78 is 0. The second kappa shape index (κ2) is 4.14. The molecule has 0 aliphatic heterocycles. The van der Waals surface area contributed by atoms with Gasteiger partial charge in [0.25, 0.3) is 0 Å². The number of aliphatic hydroxyl groups is 3. The highest BCUT2D eigenvalue weighted by molar-refractivity contribution is 5.12. The van der Waals surface area contributed by atoms with Crippen molar-refractivity contribution in [3.8, 4) is 12.3 Å². The van der Waals surface area contributed by atoms with Crippen LogP contribution in [0.5, 0.6) is 0 Å². The molecule has 3 nitrogen and oxygen atoms in total. The van der Waals surface area contributed by atoms with Gasteiger partial charge in [-0.15, -0.1) is 13.0 Å². The molecule has 0 amide bonds. The van der Waals surface area contributed by atoms with Crippen molar-refractivity contribution < 1.29 is 15.3 Å². The first kappa shape index (κ1) is 10.2. The Kier molecular flexibility index (Phi) is 3.83. The molecule has 11 heavy (non-hydrogen) atoms. The van der Waals surface area contributed by atoms with Crippen LogP contribution in [0.3, 0.4) is 0 Å². The average Bonchev–Trinajstić information content (AvgIpc) is 2.03. The molecule has 0 aromatic carbocycles. The van der Waals surface area contributed by atoms with Gasteiger partial charge in [-0.05, 0) is 6.42 Å². The SMILES string of the molecule is C#C[C@@](O)(CO)[C@@H](O)CC=C. The molecule has 0 aliphatic rings. The molecule has 0 bridgehead atoms. The molecule has 0 heterocycles. The minimum absolute atomic E-state index is 0.154. The van der Waals surface area contributed by atoms with Crippen LogP contribution in [0.2, 0.25) is 0 Å². The smallest absolute Gasteiger partial charge is 0.174 e. The molecule has 0 aromatic heterocycles. The maximum absolute atomic E-state index is 9.24. The first-order valence-electron chi connectivity index (χ1n) is 3.20. The Balaban J connectivity index is 4.26. The fourth-order valence-electron chi connectivity index (χ4n) is 0.600. The van der Waals surface area contributed by atoms with Crippen LogP contribution in [0.25, 0.3) is 0 Å². The van der Waals surface area contributed by atoms with E-state index >= 15 is 0 Å². The van der Waals surface area contributed by atoms with E-state index in [1.165, 1.54) is 6.08 Å². The van der Waals surface area contributed by atoms with Gasteiger partial charge < -0.3 is 15.3 Å². The van der Waals surface area contributed by atoms with Gasteiger partial charge in [0.2, 0.25) is 0 Å². The fourth-order valence-corrected chi connectivity index (χ4v) is 0.600. The van der Waals surface area contributed by atoms with Crippen molar-refractivity contribution >= 4 is 0 Å². The van der Waals surface area contributed by atoms with Gasteiger partial charge in [0.15, 0.2) is 5.60 Å². The van der Waals surface area contributed by atoms with E-state index in [9.17, 15) is 5.11 Å². The van der Waals surface area contributed by atoms with E-state index in [0.717, 1.165) is 0 Å². The highest BCUT2D eigenvalue weighted by atomic mass is 16.4. The predicted molar refractivity (Wildman–Crippen MR) is 41.7 cm³/mol. The molecule has 0 saturated carbocycles. The summed E-state index contributed by atoms with van der Waals surface area (Å²) in [6.45, 7) is 2.71. The summed E-state index contributed by atoms with van der Waals surface area (Å²) in [5, 5.41) is 27.0. The number of aliphatic hydroxyl groups excluding tert-OH is 2. The van der Waals surface area contributed by atoms with Gasteiger partial charge >= 0.3 is 0 Å². The van der Waals surface area contributed by atoms with Crippen molar-refractivity contribution in [3.05, 3.63) is 12.7 Å². The van der Waals surface area contributed by atoms with E-state index in [1.807, 2.05) is 5.92 Å². The maximum atomic E-state index is 9.24. The minimum atomic E-state index is -1.84. The van der Waals surface area contributed by atoms with Crippen LogP contribution in [-0.4, -0.2) is 33.6 Å². The molecule has 0 radical (unpaired) electrons. The van der Waals surface area contributed by atoms with Crippen LogP contribution in [-0.2, 0) is 0 Å². The molecular weight excluding hydrogens is 144 g/mol. The Hall–Kier alpha value is -0.820. The lowest BCUT2D eigenvalue weighted by Crippen LogP contribution is -2.44. The van der Waals surface area contributed by atoms with Crippen molar-refractivity contribution in [3.63, 3.8) is 0 Å². The molecule has 0 unspecified atom stereocenters. The normalized spacial score (nSPS) is 18.0. The summed E-state index contributed by atoms with van der Waals surface area (Å²) in [5.41, 5.74) is -1.84. The number of terminal acetylenes is 1. The van der Waals surface area contributed by atoms with Gasteiger partial charge in [0.1, 0.15) is 0 Å². The summed E-state index contributed by atoms with van der Waals surface area (Å²) in [6, 6.07) is 0. The van der Waals surface area contributed by atoms with E-state index in [1.54, 1.807) is 0 Å². The molecule has 0 spiro atoms. The second-order valence-electron chi connectivity index (χ2n) is 2.27. The van der Waals surface area contributed by atoms with Crippen LogP contribution < -0.4 is 0 Å². The van der Waals surface area contributed by atoms with E-state index in [0.29, 0.717) is 0 Å². The lowest BCUT2D eigenvalue weighted by Gasteiger charge is -2.24. The Morgan fingerprint density at radius 2 is 2.27 bits per heavy atom. The lowest BCUT2D eigenvalue weighted by molar-refractivity contribution is -0.0621. The zero-order chi connectivity index (χ0) is 8.91. The number of rotatable bonds is 4. The monoisotopic (exact) mass is 156 g/mol. The zero-order valence-electron chi connectivity index (χ0n) is 6.20. The average molecular weight is 156 g/mol. The largest absolute Gasteiger partial charge is 0.392 e. The number of hydrogen-bond donors (Lipinski definition) is 3. The minimum Gasteiger partial charge on any atom is -0.392 e. The van der Waals surface area contributed by atoms with Gasteiger partial charge in [-0.25, -0.2) is 0 Å². The summed E-state index contributed by atoms with van der Waals surface area (Å²) in [6.07, 6.45) is 5.31. The highest BCUT2D eigenvalue weighted by Crippen LogP contribution is 2.11.